The van der Waals surface area contributed by atoms with Crippen molar-refractivity contribution >= 4 is 41.7 Å². The summed E-state index contributed by atoms with van der Waals surface area (Å²) in [5, 5.41) is 4.45. The van der Waals surface area contributed by atoms with Crippen LogP contribution >= 0.6 is 36.0 Å². The third kappa shape index (κ3) is 2.29. The van der Waals surface area contributed by atoms with E-state index < -0.39 is 0 Å². The lowest BCUT2D eigenvalue weighted by molar-refractivity contribution is 0.405. The Morgan fingerprint density at radius 1 is 1.31 bits per heavy atom. The molecular formula is C10H9Cl2N3S. The number of halogens is 2. The van der Waals surface area contributed by atoms with Gasteiger partial charge in [0.15, 0.2) is 0 Å². The van der Waals surface area contributed by atoms with Crippen LogP contribution in [0.3, 0.4) is 0 Å². The van der Waals surface area contributed by atoms with E-state index in [1.165, 1.54) is 5.56 Å². The first-order chi connectivity index (χ1) is 7.58. The molecule has 0 saturated heterocycles. The fourth-order valence-corrected chi connectivity index (χ4v) is 1.90. The van der Waals surface area contributed by atoms with Gasteiger partial charge in [0.05, 0.1) is 16.7 Å². The summed E-state index contributed by atoms with van der Waals surface area (Å²) in [4.78, 5) is 0.572. The minimum atomic E-state index is 0.351. The van der Waals surface area contributed by atoms with E-state index in [1.54, 1.807) is 0 Å². The highest BCUT2D eigenvalue weighted by molar-refractivity contribution is 7.85. The molecule has 1 aliphatic heterocycles. The number of nitrogens with zero attached hydrogens (tertiary/aromatic N) is 2. The summed E-state index contributed by atoms with van der Waals surface area (Å²) < 4.78 is 1.04. The largest absolute Gasteiger partial charge is 0.255 e. The topological polar surface area (TPSA) is 27.6 Å². The molecule has 0 saturated carbocycles. The van der Waals surface area contributed by atoms with Gasteiger partial charge < -0.3 is 0 Å². The van der Waals surface area contributed by atoms with Gasteiger partial charge in [-0.25, -0.2) is 0 Å². The van der Waals surface area contributed by atoms with Crippen molar-refractivity contribution in [1.29, 1.82) is 0 Å². The lowest BCUT2D eigenvalue weighted by atomic mass is 10.1. The average molecular weight is 274 g/mol. The number of nitrogens with one attached hydrogen (secondary N) is 1. The maximum atomic E-state index is 5.92. The number of hydrogen-bond donors (Lipinski definition) is 2. The monoisotopic (exact) mass is 273 g/mol. The van der Waals surface area contributed by atoms with Crippen molar-refractivity contribution in [2.75, 3.05) is 0 Å². The number of aryl methyl sites for hydroxylation is 1. The SMILES string of the molecule is Cc1ccc(C2=NN(Cl)NC(Cl)=C2S)cc1. The lowest BCUT2D eigenvalue weighted by Gasteiger charge is -2.21. The van der Waals surface area contributed by atoms with Crippen molar-refractivity contribution in [3.05, 3.63) is 45.5 Å². The summed E-state index contributed by atoms with van der Waals surface area (Å²) in [6.07, 6.45) is 0. The molecule has 0 aliphatic carbocycles. The summed E-state index contributed by atoms with van der Waals surface area (Å²) in [7, 11) is 0. The second-order valence-corrected chi connectivity index (χ2v) is 4.49. The molecule has 6 heteroatoms. The van der Waals surface area contributed by atoms with E-state index in [0.29, 0.717) is 15.8 Å². The summed E-state index contributed by atoms with van der Waals surface area (Å²) >= 11 is 16.0. The standard InChI is InChI=1S/C10H9Cl2N3S/c1-6-2-4-7(5-3-6)8-9(16)10(11)14-15(12)13-8/h2-5,14,16H,1H3. The minimum absolute atomic E-state index is 0.351. The van der Waals surface area contributed by atoms with Gasteiger partial charge in [0.2, 0.25) is 0 Å². The first-order valence-corrected chi connectivity index (χ1v) is 5.71. The van der Waals surface area contributed by atoms with Crippen molar-refractivity contribution < 1.29 is 0 Å². The molecule has 3 nitrogen and oxygen atoms in total. The Kier molecular flexibility index (Phi) is 3.33. The molecule has 16 heavy (non-hydrogen) atoms. The molecule has 1 N–H and O–H groups in total. The van der Waals surface area contributed by atoms with Crippen LogP contribution in [0.4, 0.5) is 0 Å². The normalized spacial score (nSPS) is 16.0. The molecule has 1 aliphatic rings. The highest BCUT2D eigenvalue weighted by Crippen LogP contribution is 2.23. The van der Waals surface area contributed by atoms with Crippen LogP contribution in [0.1, 0.15) is 11.1 Å². The summed E-state index contributed by atoms with van der Waals surface area (Å²) in [6.45, 7) is 2.02. The molecule has 1 heterocycles. The van der Waals surface area contributed by atoms with Crippen molar-refractivity contribution in [3.63, 3.8) is 0 Å². The number of hydrazine groups is 1. The predicted molar refractivity (Wildman–Crippen MR) is 70.4 cm³/mol. The maximum absolute atomic E-state index is 5.92. The fourth-order valence-electron chi connectivity index (χ4n) is 1.30. The van der Waals surface area contributed by atoms with Crippen LogP contribution in [0.25, 0.3) is 0 Å². The number of hydrogen-bond acceptors (Lipinski definition) is 4. The first-order valence-electron chi connectivity index (χ1n) is 4.55. The number of hydrazone groups is 1. The van der Waals surface area contributed by atoms with Gasteiger partial charge in [-0.05, 0) is 6.92 Å². The van der Waals surface area contributed by atoms with Crippen molar-refractivity contribution in [2.24, 2.45) is 5.10 Å². The van der Waals surface area contributed by atoms with Gasteiger partial charge in [0.25, 0.3) is 0 Å². The molecule has 0 amide bonds. The maximum Gasteiger partial charge on any atom is 0.139 e. The Morgan fingerprint density at radius 2 is 1.94 bits per heavy atom. The Hall–Kier alpha value is -0.840. The van der Waals surface area contributed by atoms with Crippen molar-refractivity contribution in [2.45, 2.75) is 6.92 Å². The van der Waals surface area contributed by atoms with Gasteiger partial charge in [-0.1, -0.05) is 41.4 Å². The molecule has 84 valence electrons. The van der Waals surface area contributed by atoms with Gasteiger partial charge in [0.1, 0.15) is 10.9 Å². The molecule has 0 aromatic heterocycles. The zero-order valence-electron chi connectivity index (χ0n) is 8.41. The zero-order chi connectivity index (χ0) is 11.7. The summed E-state index contributed by atoms with van der Waals surface area (Å²) in [5.74, 6) is 0. The molecular weight excluding hydrogens is 265 g/mol. The molecule has 0 atom stereocenters. The molecule has 0 unspecified atom stereocenters. The van der Waals surface area contributed by atoms with Crippen LogP contribution in [0, 0.1) is 6.92 Å². The summed E-state index contributed by atoms with van der Waals surface area (Å²) in [6, 6.07) is 7.88. The average Bonchev–Trinajstić information content (AvgIpc) is 2.25. The van der Waals surface area contributed by atoms with Crippen LogP contribution in [-0.4, -0.2) is 10.3 Å². The van der Waals surface area contributed by atoms with Crippen LogP contribution in [-0.2, 0) is 0 Å². The van der Waals surface area contributed by atoms with E-state index in [0.717, 1.165) is 10.2 Å². The van der Waals surface area contributed by atoms with E-state index in [-0.39, 0.29) is 0 Å². The van der Waals surface area contributed by atoms with E-state index >= 15 is 0 Å². The van der Waals surface area contributed by atoms with Crippen LogP contribution in [0.5, 0.6) is 0 Å². The molecule has 2 rings (SSSR count). The highest BCUT2D eigenvalue weighted by Gasteiger charge is 2.18. The molecule has 1 aromatic rings. The molecule has 1 aromatic carbocycles. The second-order valence-electron chi connectivity index (χ2n) is 3.35. The van der Waals surface area contributed by atoms with Gasteiger partial charge in [-0.15, -0.1) is 22.4 Å². The van der Waals surface area contributed by atoms with Gasteiger partial charge in [0, 0.05) is 5.56 Å². The smallest absolute Gasteiger partial charge is 0.139 e. The van der Waals surface area contributed by atoms with E-state index in [9.17, 15) is 0 Å². The number of allylic oxidation sites excluding steroid dienone is 1. The third-order valence-corrected chi connectivity index (χ3v) is 3.14. The zero-order valence-corrected chi connectivity index (χ0v) is 10.8. The van der Waals surface area contributed by atoms with Crippen molar-refractivity contribution in [3.8, 4) is 0 Å². The summed E-state index contributed by atoms with van der Waals surface area (Å²) in [5.41, 5.74) is 5.36. The quantitative estimate of drug-likeness (QED) is 0.468. The van der Waals surface area contributed by atoms with E-state index in [1.807, 2.05) is 31.2 Å². The Labute approximate surface area is 109 Å². The molecule has 0 bridgehead atoms. The van der Waals surface area contributed by atoms with Gasteiger partial charge in [-0.3, -0.25) is 5.43 Å². The Bertz CT molecular complexity index is 467. The van der Waals surface area contributed by atoms with Gasteiger partial charge >= 0.3 is 0 Å². The number of benzene rings is 1. The van der Waals surface area contributed by atoms with Gasteiger partial charge in [-0.2, -0.15) is 0 Å². The predicted octanol–water partition coefficient (Wildman–Crippen LogP) is 3.01. The molecule has 0 spiro atoms. The van der Waals surface area contributed by atoms with Crippen LogP contribution in [0.15, 0.2) is 39.4 Å². The Morgan fingerprint density at radius 3 is 2.56 bits per heavy atom. The van der Waals surface area contributed by atoms with Crippen molar-refractivity contribution in [1.82, 2.24) is 10.1 Å². The third-order valence-electron chi connectivity index (χ3n) is 2.14. The lowest BCUT2D eigenvalue weighted by Crippen LogP contribution is -2.30. The number of rotatable bonds is 1. The fraction of sp³-hybridized carbons (Fsp3) is 0.100. The highest BCUT2D eigenvalue weighted by atomic mass is 35.5. The molecule has 0 radical (unpaired) electrons. The van der Waals surface area contributed by atoms with Crippen LogP contribution in [0.2, 0.25) is 0 Å². The minimum Gasteiger partial charge on any atom is -0.255 e. The Balaban J connectivity index is 2.43. The van der Waals surface area contributed by atoms with E-state index in [4.69, 9.17) is 23.4 Å². The van der Waals surface area contributed by atoms with Crippen LogP contribution < -0.4 is 5.43 Å². The first kappa shape index (κ1) is 11.6. The second kappa shape index (κ2) is 4.57. The number of thiol groups is 1. The van der Waals surface area contributed by atoms with E-state index in [2.05, 4.69) is 23.2 Å². The molecule has 0 fully saturated rings.